The smallest absolute Gasteiger partial charge is 0.337 e. The number of amides is 1. The highest BCUT2D eigenvalue weighted by Gasteiger charge is 2.14. The highest BCUT2D eigenvalue weighted by molar-refractivity contribution is 5.93. The van der Waals surface area contributed by atoms with E-state index in [1.54, 1.807) is 30.3 Å². The molecule has 4 aromatic carbocycles. The maximum absolute atomic E-state index is 15.1. The number of nitrogens with zero attached hydrogens (tertiary/aromatic N) is 1. The summed E-state index contributed by atoms with van der Waals surface area (Å²) in [5.41, 5.74) is 8.24. The van der Waals surface area contributed by atoms with Crippen LogP contribution in [0.1, 0.15) is 37.7 Å². The van der Waals surface area contributed by atoms with Crippen molar-refractivity contribution in [3.8, 4) is 16.9 Å². The molecule has 0 saturated carbocycles. The number of benzene rings is 4. The summed E-state index contributed by atoms with van der Waals surface area (Å²) in [5.74, 6) is -2.74. The highest BCUT2D eigenvalue weighted by atomic mass is 19.1. The van der Waals surface area contributed by atoms with Crippen molar-refractivity contribution in [3.05, 3.63) is 118 Å². The molecule has 0 aliphatic heterocycles. The third kappa shape index (κ3) is 5.51. The van der Waals surface area contributed by atoms with Crippen molar-refractivity contribution < 1.29 is 32.2 Å². The van der Waals surface area contributed by atoms with Crippen LogP contribution >= 0.6 is 0 Å². The fraction of sp³-hybridized carbons (Fsp3) is 0.100. The molecular weight excluding hydrogens is 523 g/mol. The highest BCUT2D eigenvalue weighted by Crippen LogP contribution is 2.29. The maximum Gasteiger partial charge on any atom is 0.337 e. The first-order valence-corrected chi connectivity index (χ1v) is 12.1. The van der Waals surface area contributed by atoms with E-state index in [1.807, 2.05) is 0 Å². The van der Waals surface area contributed by atoms with Crippen LogP contribution in [0.3, 0.4) is 0 Å². The SMILES string of the molecule is COC(=O)c1ccc2nc(Cc3ccc(-c4ccc(F)c(OCc5ccc(C(N)=O)cc5F)c4)cc3F)[nH]c2c1. The molecular formula is C30H22F3N3O4. The monoisotopic (exact) mass is 545 g/mol. The van der Waals surface area contributed by atoms with Gasteiger partial charge < -0.3 is 20.2 Å². The minimum absolute atomic E-state index is 0.00734. The number of primary amides is 1. The number of carbonyl (C=O) groups is 2. The molecule has 0 fully saturated rings. The van der Waals surface area contributed by atoms with Crippen molar-refractivity contribution in [2.45, 2.75) is 13.0 Å². The van der Waals surface area contributed by atoms with Crippen LogP contribution in [0.5, 0.6) is 5.75 Å². The zero-order valence-electron chi connectivity index (χ0n) is 21.1. The Hall–Kier alpha value is -5.12. The fourth-order valence-corrected chi connectivity index (χ4v) is 4.21. The molecule has 0 saturated heterocycles. The molecule has 5 rings (SSSR count). The Morgan fingerprint density at radius 2 is 1.52 bits per heavy atom. The van der Waals surface area contributed by atoms with Gasteiger partial charge in [0.2, 0.25) is 5.91 Å². The zero-order valence-corrected chi connectivity index (χ0v) is 21.1. The largest absolute Gasteiger partial charge is 0.486 e. The first-order chi connectivity index (χ1) is 19.2. The van der Waals surface area contributed by atoms with Crippen LogP contribution in [-0.4, -0.2) is 29.0 Å². The molecule has 1 heterocycles. The molecule has 3 N–H and O–H groups in total. The molecule has 1 amide bonds. The van der Waals surface area contributed by atoms with E-state index in [2.05, 4.69) is 9.97 Å². The molecule has 5 aromatic rings. The summed E-state index contributed by atoms with van der Waals surface area (Å²) in [6.07, 6.45) is 0.173. The molecule has 1 aromatic heterocycles. The number of carbonyl (C=O) groups excluding carboxylic acids is 2. The van der Waals surface area contributed by atoms with Crippen molar-refractivity contribution in [2.75, 3.05) is 7.11 Å². The average molecular weight is 546 g/mol. The summed E-state index contributed by atoms with van der Waals surface area (Å²) in [7, 11) is 1.30. The summed E-state index contributed by atoms with van der Waals surface area (Å²) in [5, 5.41) is 0. The lowest BCUT2D eigenvalue weighted by molar-refractivity contribution is 0.0600. The van der Waals surface area contributed by atoms with Gasteiger partial charge in [-0.3, -0.25) is 4.79 Å². The third-order valence-corrected chi connectivity index (χ3v) is 6.35. The Labute approximate surface area is 226 Å². The molecule has 0 radical (unpaired) electrons. The Kier molecular flexibility index (Phi) is 7.24. The van der Waals surface area contributed by atoms with Crippen molar-refractivity contribution in [1.82, 2.24) is 9.97 Å². The number of rotatable bonds is 8. The van der Waals surface area contributed by atoms with Gasteiger partial charge in [0.15, 0.2) is 11.6 Å². The molecule has 0 aliphatic rings. The van der Waals surface area contributed by atoms with E-state index >= 15 is 4.39 Å². The summed E-state index contributed by atoms with van der Waals surface area (Å²) in [6.45, 7) is -0.294. The van der Waals surface area contributed by atoms with Gasteiger partial charge in [0.1, 0.15) is 24.1 Å². The molecule has 0 aliphatic carbocycles. The van der Waals surface area contributed by atoms with Gasteiger partial charge in [-0.25, -0.2) is 22.9 Å². The number of nitrogens with one attached hydrogen (secondary N) is 1. The second-order valence-corrected chi connectivity index (χ2v) is 8.99. The number of methoxy groups -OCH3 is 1. The van der Waals surface area contributed by atoms with E-state index in [-0.39, 0.29) is 29.9 Å². The number of esters is 1. The summed E-state index contributed by atoms with van der Waals surface area (Å²) in [6, 6.07) is 17.3. The average Bonchev–Trinajstić information content (AvgIpc) is 3.35. The first kappa shape index (κ1) is 26.5. The standard InChI is InChI=1S/C30H22F3N3O4/c1-39-30(38)20-7-9-25-26(12-20)36-28(35-25)14-18-3-2-16(10-23(18)32)17-6-8-22(31)27(13-17)40-15-21-5-4-19(29(34)37)11-24(21)33/h2-13H,14-15H2,1H3,(H2,34,37)(H,35,36). The zero-order chi connectivity index (χ0) is 28.4. The quantitative estimate of drug-likeness (QED) is 0.243. The number of H-pyrrole nitrogens is 1. The number of hydrogen-bond donors (Lipinski definition) is 2. The van der Waals surface area contributed by atoms with E-state index in [0.717, 1.165) is 6.07 Å². The van der Waals surface area contributed by atoms with Gasteiger partial charge in [-0.1, -0.05) is 24.3 Å². The lowest BCUT2D eigenvalue weighted by atomic mass is 10.0. The van der Waals surface area contributed by atoms with Gasteiger partial charge in [-0.05, 0) is 65.2 Å². The number of ether oxygens (including phenoxy) is 2. The van der Waals surface area contributed by atoms with Crippen LogP contribution < -0.4 is 10.5 Å². The Bertz CT molecular complexity index is 1770. The van der Waals surface area contributed by atoms with Gasteiger partial charge in [0.05, 0.1) is 23.7 Å². The Morgan fingerprint density at radius 3 is 2.25 bits per heavy atom. The van der Waals surface area contributed by atoms with Gasteiger partial charge in [-0.2, -0.15) is 0 Å². The van der Waals surface area contributed by atoms with Crippen LogP contribution in [0.25, 0.3) is 22.2 Å². The van der Waals surface area contributed by atoms with Crippen LogP contribution in [0.15, 0.2) is 72.8 Å². The number of hydrogen-bond acceptors (Lipinski definition) is 5. The third-order valence-electron chi connectivity index (χ3n) is 6.35. The van der Waals surface area contributed by atoms with E-state index in [4.69, 9.17) is 15.2 Å². The normalized spacial score (nSPS) is 11.0. The van der Waals surface area contributed by atoms with E-state index in [0.29, 0.717) is 39.1 Å². The predicted molar refractivity (Wildman–Crippen MR) is 141 cm³/mol. The first-order valence-electron chi connectivity index (χ1n) is 12.1. The van der Waals surface area contributed by atoms with Gasteiger partial charge in [-0.15, -0.1) is 0 Å². The molecule has 0 atom stereocenters. The summed E-state index contributed by atoms with van der Waals surface area (Å²) >= 11 is 0. The van der Waals surface area contributed by atoms with Crippen LogP contribution in [0.2, 0.25) is 0 Å². The summed E-state index contributed by atoms with van der Waals surface area (Å²) in [4.78, 5) is 30.5. The molecule has 7 nitrogen and oxygen atoms in total. The van der Waals surface area contributed by atoms with Crippen LogP contribution in [0, 0.1) is 17.5 Å². The number of nitrogens with two attached hydrogens (primary N) is 1. The number of aromatic nitrogens is 2. The number of imidazole rings is 1. The van der Waals surface area contributed by atoms with Crippen molar-refractivity contribution in [2.24, 2.45) is 5.73 Å². The van der Waals surface area contributed by atoms with E-state index in [9.17, 15) is 18.4 Å². The predicted octanol–water partition coefficient (Wildman–Crippen LogP) is 5.70. The molecule has 40 heavy (non-hydrogen) atoms. The van der Waals surface area contributed by atoms with E-state index in [1.165, 1.54) is 43.5 Å². The minimum Gasteiger partial charge on any atom is -0.486 e. The van der Waals surface area contributed by atoms with Crippen molar-refractivity contribution >= 4 is 22.9 Å². The van der Waals surface area contributed by atoms with Crippen LogP contribution in [0.4, 0.5) is 13.2 Å². The topological polar surface area (TPSA) is 107 Å². The molecule has 202 valence electrons. The lowest BCUT2D eigenvalue weighted by Gasteiger charge is -2.11. The second-order valence-electron chi connectivity index (χ2n) is 8.99. The van der Waals surface area contributed by atoms with Gasteiger partial charge in [0.25, 0.3) is 0 Å². The Morgan fingerprint density at radius 1 is 0.825 bits per heavy atom. The number of aromatic amines is 1. The van der Waals surface area contributed by atoms with Gasteiger partial charge >= 0.3 is 5.97 Å². The summed E-state index contributed by atoms with van der Waals surface area (Å²) < 4.78 is 54.0. The maximum atomic E-state index is 15.1. The van der Waals surface area contributed by atoms with Crippen LogP contribution in [-0.2, 0) is 17.8 Å². The van der Waals surface area contributed by atoms with Crippen molar-refractivity contribution in [3.63, 3.8) is 0 Å². The fourth-order valence-electron chi connectivity index (χ4n) is 4.21. The lowest BCUT2D eigenvalue weighted by Crippen LogP contribution is -2.12. The molecule has 10 heteroatoms. The van der Waals surface area contributed by atoms with Crippen molar-refractivity contribution in [1.29, 1.82) is 0 Å². The molecule has 0 bridgehead atoms. The number of halogens is 3. The molecule has 0 spiro atoms. The van der Waals surface area contributed by atoms with Gasteiger partial charge in [0, 0.05) is 17.5 Å². The second kappa shape index (κ2) is 10.9. The Balaban J connectivity index is 1.32. The van der Waals surface area contributed by atoms with E-state index < -0.39 is 29.3 Å². The minimum atomic E-state index is -0.768. The molecule has 0 unspecified atom stereocenters. The number of fused-ring (bicyclic) bond motifs is 1.